The van der Waals surface area contributed by atoms with Crippen LogP contribution in [0, 0.1) is 5.95 Å². The van der Waals surface area contributed by atoms with E-state index in [2.05, 4.69) is 38.4 Å². The Morgan fingerprint density at radius 3 is 2.89 bits per heavy atom. The highest BCUT2D eigenvalue weighted by Crippen LogP contribution is 2.37. The lowest BCUT2D eigenvalue weighted by atomic mass is 10.1. The van der Waals surface area contributed by atoms with Crippen LogP contribution < -0.4 is 5.32 Å². The Morgan fingerprint density at radius 2 is 2.06 bits per heavy atom. The second kappa shape index (κ2) is 4.69. The summed E-state index contributed by atoms with van der Waals surface area (Å²) in [6, 6.07) is 11.2. The Kier molecular flexibility index (Phi) is 3.04. The summed E-state index contributed by atoms with van der Waals surface area (Å²) in [5, 5.41) is 3.29. The van der Waals surface area contributed by atoms with E-state index in [-0.39, 0.29) is 6.04 Å². The largest absolute Gasteiger partial charge is 0.363 e. The lowest BCUT2D eigenvalue weighted by molar-refractivity contribution is 0.583. The van der Waals surface area contributed by atoms with Crippen molar-refractivity contribution < 1.29 is 4.39 Å². The molecule has 1 atom stereocenters. The Hall–Kier alpha value is -1.42. The van der Waals surface area contributed by atoms with Crippen molar-refractivity contribution in [2.75, 3.05) is 5.32 Å². The molecule has 0 bridgehead atoms. The highest BCUT2D eigenvalue weighted by Gasteiger charge is 2.24. The molecule has 1 aliphatic carbocycles. The van der Waals surface area contributed by atoms with E-state index in [0.29, 0.717) is 5.82 Å². The Bertz CT molecular complexity index is 586. The van der Waals surface area contributed by atoms with Gasteiger partial charge in [-0.25, -0.2) is 4.98 Å². The maximum absolute atomic E-state index is 13.0. The minimum atomic E-state index is -0.451. The van der Waals surface area contributed by atoms with Crippen LogP contribution in [0.2, 0.25) is 0 Å². The lowest BCUT2D eigenvalue weighted by Crippen LogP contribution is -2.08. The number of halogens is 2. The average Bonchev–Trinajstić information content (AvgIpc) is 2.74. The summed E-state index contributed by atoms with van der Waals surface area (Å²) in [6.07, 6.45) is 2.04. The molecule has 0 radical (unpaired) electrons. The summed E-state index contributed by atoms with van der Waals surface area (Å²) < 4.78 is 14.2. The number of nitrogens with zero attached hydrogens (tertiary/aromatic N) is 1. The third-order valence-corrected chi connectivity index (χ3v) is 3.99. The number of anilines is 1. The molecule has 1 aromatic carbocycles. The van der Waals surface area contributed by atoms with Crippen molar-refractivity contribution in [2.45, 2.75) is 18.9 Å². The Morgan fingerprint density at radius 1 is 1.22 bits per heavy atom. The SMILES string of the molecule is Fc1cccc(NC2CCc3c(Br)cccc32)n1. The van der Waals surface area contributed by atoms with Gasteiger partial charge in [-0.2, -0.15) is 4.39 Å². The van der Waals surface area contributed by atoms with Crippen LogP contribution in [0.25, 0.3) is 0 Å². The molecule has 1 aliphatic rings. The number of rotatable bonds is 2. The van der Waals surface area contributed by atoms with E-state index >= 15 is 0 Å². The zero-order chi connectivity index (χ0) is 12.5. The lowest BCUT2D eigenvalue weighted by Gasteiger charge is -2.14. The first kappa shape index (κ1) is 11.7. The quantitative estimate of drug-likeness (QED) is 0.846. The van der Waals surface area contributed by atoms with Crippen molar-refractivity contribution in [1.29, 1.82) is 0 Å². The molecule has 1 unspecified atom stereocenters. The summed E-state index contributed by atoms with van der Waals surface area (Å²) >= 11 is 3.57. The van der Waals surface area contributed by atoms with Crippen molar-refractivity contribution in [3.63, 3.8) is 0 Å². The molecule has 1 aromatic heterocycles. The molecule has 2 aromatic rings. The smallest absolute Gasteiger partial charge is 0.214 e. The molecule has 0 saturated heterocycles. The van der Waals surface area contributed by atoms with Crippen LogP contribution in [0.15, 0.2) is 40.9 Å². The maximum Gasteiger partial charge on any atom is 0.214 e. The minimum absolute atomic E-state index is 0.215. The number of nitrogens with one attached hydrogen (secondary N) is 1. The van der Waals surface area contributed by atoms with E-state index in [4.69, 9.17) is 0 Å². The molecular formula is C14H12BrFN2. The molecule has 0 saturated carbocycles. The first-order chi connectivity index (χ1) is 8.74. The molecule has 92 valence electrons. The molecule has 18 heavy (non-hydrogen) atoms. The number of fused-ring (bicyclic) bond motifs is 1. The van der Waals surface area contributed by atoms with Gasteiger partial charge in [0.15, 0.2) is 0 Å². The summed E-state index contributed by atoms with van der Waals surface area (Å²) in [7, 11) is 0. The number of hydrogen-bond donors (Lipinski definition) is 1. The first-order valence-electron chi connectivity index (χ1n) is 5.90. The van der Waals surface area contributed by atoms with Crippen LogP contribution in [0.3, 0.4) is 0 Å². The number of pyridine rings is 1. The number of benzene rings is 1. The van der Waals surface area contributed by atoms with Crippen molar-refractivity contribution in [2.24, 2.45) is 0 Å². The molecule has 1 N–H and O–H groups in total. The molecular weight excluding hydrogens is 295 g/mol. The summed E-state index contributed by atoms with van der Waals surface area (Å²) in [5.41, 5.74) is 2.61. The minimum Gasteiger partial charge on any atom is -0.363 e. The van der Waals surface area contributed by atoms with Crippen molar-refractivity contribution in [3.05, 3.63) is 57.9 Å². The van der Waals surface area contributed by atoms with Gasteiger partial charge in [-0.1, -0.05) is 34.1 Å². The molecule has 3 rings (SSSR count). The van der Waals surface area contributed by atoms with E-state index in [1.54, 1.807) is 12.1 Å². The van der Waals surface area contributed by atoms with Crippen LogP contribution in [0.5, 0.6) is 0 Å². The van der Waals surface area contributed by atoms with Crippen molar-refractivity contribution in [3.8, 4) is 0 Å². The molecule has 4 heteroatoms. The van der Waals surface area contributed by atoms with Gasteiger partial charge in [-0.3, -0.25) is 0 Å². The normalized spacial score (nSPS) is 17.6. The van der Waals surface area contributed by atoms with Crippen LogP contribution in [0.1, 0.15) is 23.6 Å². The Labute approximate surface area is 113 Å². The van der Waals surface area contributed by atoms with Gasteiger partial charge < -0.3 is 5.32 Å². The standard InChI is InChI=1S/C14H12BrFN2/c15-11-4-1-3-10-9(11)7-8-12(10)17-14-6-2-5-13(16)18-14/h1-6,12H,7-8H2,(H,17,18). The molecule has 0 aliphatic heterocycles. The van der Waals surface area contributed by atoms with E-state index in [0.717, 1.165) is 17.3 Å². The molecule has 0 spiro atoms. The van der Waals surface area contributed by atoms with E-state index < -0.39 is 5.95 Å². The Balaban J connectivity index is 1.87. The van der Waals surface area contributed by atoms with E-state index in [9.17, 15) is 4.39 Å². The first-order valence-corrected chi connectivity index (χ1v) is 6.70. The third-order valence-electron chi connectivity index (χ3n) is 3.25. The molecule has 1 heterocycles. The van der Waals surface area contributed by atoms with Gasteiger partial charge in [0.2, 0.25) is 5.95 Å². The fraction of sp³-hybridized carbons (Fsp3) is 0.214. The highest BCUT2D eigenvalue weighted by atomic mass is 79.9. The molecule has 0 fully saturated rings. The van der Waals surface area contributed by atoms with Crippen molar-refractivity contribution in [1.82, 2.24) is 4.98 Å². The van der Waals surface area contributed by atoms with Crippen molar-refractivity contribution >= 4 is 21.7 Å². The van der Waals surface area contributed by atoms with Gasteiger partial charge in [0.25, 0.3) is 0 Å². The topological polar surface area (TPSA) is 24.9 Å². The second-order valence-electron chi connectivity index (χ2n) is 4.39. The third kappa shape index (κ3) is 2.12. The van der Waals surface area contributed by atoms with Gasteiger partial charge in [-0.15, -0.1) is 0 Å². The van der Waals surface area contributed by atoms with E-state index in [1.165, 1.54) is 17.2 Å². The highest BCUT2D eigenvalue weighted by molar-refractivity contribution is 9.10. The zero-order valence-corrected chi connectivity index (χ0v) is 11.2. The van der Waals surface area contributed by atoms with Crippen LogP contribution in [0.4, 0.5) is 10.2 Å². The second-order valence-corrected chi connectivity index (χ2v) is 5.24. The van der Waals surface area contributed by atoms with Gasteiger partial charge in [0.1, 0.15) is 5.82 Å². The summed E-state index contributed by atoms with van der Waals surface area (Å²) in [6.45, 7) is 0. The fourth-order valence-electron chi connectivity index (χ4n) is 2.43. The average molecular weight is 307 g/mol. The number of aromatic nitrogens is 1. The van der Waals surface area contributed by atoms with Gasteiger partial charge in [0, 0.05) is 4.47 Å². The summed E-state index contributed by atoms with van der Waals surface area (Å²) in [5.74, 6) is 0.139. The van der Waals surface area contributed by atoms with Gasteiger partial charge >= 0.3 is 0 Å². The van der Waals surface area contributed by atoms with Crippen LogP contribution in [-0.4, -0.2) is 4.98 Å². The summed E-state index contributed by atoms with van der Waals surface area (Å²) in [4.78, 5) is 3.84. The van der Waals surface area contributed by atoms with Gasteiger partial charge in [0.05, 0.1) is 6.04 Å². The monoisotopic (exact) mass is 306 g/mol. The molecule has 2 nitrogen and oxygen atoms in total. The molecule has 0 amide bonds. The van der Waals surface area contributed by atoms with E-state index in [1.807, 2.05) is 6.07 Å². The van der Waals surface area contributed by atoms with Gasteiger partial charge in [-0.05, 0) is 42.2 Å². The van der Waals surface area contributed by atoms with Crippen LogP contribution in [-0.2, 0) is 6.42 Å². The fourth-order valence-corrected chi connectivity index (χ4v) is 3.01. The zero-order valence-electron chi connectivity index (χ0n) is 9.66. The van der Waals surface area contributed by atoms with Crippen LogP contribution >= 0.6 is 15.9 Å². The predicted octanol–water partition coefficient (Wildman–Crippen LogP) is 4.08. The maximum atomic E-state index is 13.0. The number of hydrogen-bond acceptors (Lipinski definition) is 2. The predicted molar refractivity (Wildman–Crippen MR) is 73.0 cm³/mol.